The van der Waals surface area contributed by atoms with E-state index in [2.05, 4.69) is 27.9 Å². The van der Waals surface area contributed by atoms with Gasteiger partial charge in [-0.2, -0.15) is 0 Å². The Morgan fingerprint density at radius 3 is 2.65 bits per heavy atom. The van der Waals surface area contributed by atoms with Crippen molar-refractivity contribution >= 4 is 34.4 Å². The second-order valence-corrected chi connectivity index (χ2v) is 6.58. The van der Waals surface area contributed by atoms with Crippen molar-refractivity contribution in [3.8, 4) is 0 Å². The molecule has 0 aromatic heterocycles. The molecule has 0 spiro atoms. The Morgan fingerprint density at radius 1 is 1.20 bits per heavy atom. The number of amides is 2. The van der Waals surface area contributed by atoms with E-state index in [-0.39, 0.29) is 17.9 Å². The summed E-state index contributed by atoms with van der Waals surface area (Å²) in [5.74, 6) is -0.00673. The van der Waals surface area contributed by atoms with Gasteiger partial charge in [-0.05, 0) is 60.4 Å². The first-order chi connectivity index (χ1) is 9.66. The van der Waals surface area contributed by atoms with Crippen LogP contribution in [0, 0.1) is 3.57 Å². The highest BCUT2D eigenvalue weighted by atomic mass is 127. The van der Waals surface area contributed by atoms with Gasteiger partial charge in [0, 0.05) is 16.2 Å². The van der Waals surface area contributed by atoms with Gasteiger partial charge < -0.3 is 10.2 Å². The van der Waals surface area contributed by atoms with E-state index in [1.807, 2.05) is 24.3 Å². The number of nitrogens with zero attached hydrogens (tertiary/aromatic N) is 1. The summed E-state index contributed by atoms with van der Waals surface area (Å²) in [7, 11) is 0. The molecule has 1 aromatic carbocycles. The van der Waals surface area contributed by atoms with Crippen LogP contribution in [0.3, 0.4) is 0 Å². The predicted octanol–water partition coefficient (Wildman–Crippen LogP) is 2.17. The Kier molecular flexibility index (Phi) is 3.96. The summed E-state index contributed by atoms with van der Waals surface area (Å²) in [6.45, 7) is 0.673. The molecular weight excluding hydrogens is 367 g/mol. The van der Waals surface area contributed by atoms with E-state index in [9.17, 15) is 9.59 Å². The quantitative estimate of drug-likeness (QED) is 0.813. The van der Waals surface area contributed by atoms with Crippen molar-refractivity contribution in [1.82, 2.24) is 10.2 Å². The molecule has 1 heterocycles. The lowest BCUT2D eigenvalue weighted by molar-refractivity contribution is -0.125. The van der Waals surface area contributed by atoms with Gasteiger partial charge in [-0.3, -0.25) is 9.59 Å². The Morgan fingerprint density at radius 2 is 1.95 bits per heavy atom. The lowest BCUT2D eigenvalue weighted by Gasteiger charge is -2.24. The molecule has 0 radical (unpaired) electrons. The number of carbonyl (C=O) groups excluding carboxylic acids is 2. The number of nitrogens with one attached hydrogen (secondary N) is 1. The van der Waals surface area contributed by atoms with E-state index in [1.54, 1.807) is 4.90 Å². The van der Waals surface area contributed by atoms with Crippen LogP contribution in [-0.4, -0.2) is 35.3 Å². The summed E-state index contributed by atoms with van der Waals surface area (Å²) in [6, 6.07) is 7.59. The number of halogens is 1. The van der Waals surface area contributed by atoms with Gasteiger partial charge in [0.05, 0.1) is 5.56 Å². The monoisotopic (exact) mass is 384 g/mol. The number of hydrogen-bond acceptors (Lipinski definition) is 2. The molecule has 1 aromatic rings. The Bertz CT molecular complexity index is 542. The standard InChI is InChI=1S/C15H17IN2O2/c16-12-5-2-1-4-11(12)15(20)18-9-3-6-13(18)14(19)17-10-7-8-10/h1-2,4-5,10,13H,3,6-9H2,(H,17,19)/t13-/m0/s1. The van der Waals surface area contributed by atoms with E-state index in [4.69, 9.17) is 0 Å². The molecular formula is C15H17IN2O2. The first-order valence-electron chi connectivity index (χ1n) is 7.02. The van der Waals surface area contributed by atoms with Crippen molar-refractivity contribution in [3.63, 3.8) is 0 Å². The van der Waals surface area contributed by atoms with Gasteiger partial charge in [-0.1, -0.05) is 12.1 Å². The van der Waals surface area contributed by atoms with Crippen LogP contribution in [0.4, 0.5) is 0 Å². The summed E-state index contributed by atoms with van der Waals surface area (Å²) in [5.41, 5.74) is 0.694. The molecule has 0 bridgehead atoms. The van der Waals surface area contributed by atoms with Gasteiger partial charge in [0.25, 0.3) is 5.91 Å². The largest absolute Gasteiger partial charge is 0.352 e. The molecule has 1 atom stereocenters. The summed E-state index contributed by atoms with van der Waals surface area (Å²) in [5, 5.41) is 3.01. The third kappa shape index (κ3) is 2.82. The van der Waals surface area contributed by atoms with E-state index in [1.165, 1.54) is 0 Å². The molecule has 3 rings (SSSR count). The minimum absolute atomic E-state index is 0.0179. The summed E-state index contributed by atoms with van der Waals surface area (Å²) in [4.78, 5) is 26.6. The van der Waals surface area contributed by atoms with Gasteiger partial charge in [0.2, 0.25) is 5.91 Å². The van der Waals surface area contributed by atoms with Crippen LogP contribution in [0.5, 0.6) is 0 Å². The zero-order valence-electron chi connectivity index (χ0n) is 11.1. The maximum absolute atomic E-state index is 12.6. The number of benzene rings is 1. The zero-order valence-corrected chi connectivity index (χ0v) is 13.3. The van der Waals surface area contributed by atoms with Crippen molar-refractivity contribution in [2.75, 3.05) is 6.54 Å². The fourth-order valence-corrected chi connectivity index (χ4v) is 3.21. The van der Waals surface area contributed by atoms with Crippen LogP contribution in [0.1, 0.15) is 36.0 Å². The van der Waals surface area contributed by atoms with Crippen LogP contribution < -0.4 is 5.32 Å². The number of carbonyl (C=O) groups is 2. The first-order valence-corrected chi connectivity index (χ1v) is 8.10. The molecule has 1 N–H and O–H groups in total. The van der Waals surface area contributed by atoms with Crippen LogP contribution in [0.2, 0.25) is 0 Å². The Hall–Kier alpha value is -1.11. The molecule has 106 valence electrons. The maximum Gasteiger partial charge on any atom is 0.255 e. The molecule has 4 nitrogen and oxygen atoms in total. The fourth-order valence-electron chi connectivity index (χ4n) is 2.60. The number of likely N-dealkylation sites (tertiary alicyclic amines) is 1. The minimum atomic E-state index is -0.292. The van der Waals surface area contributed by atoms with Crippen molar-refractivity contribution in [2.45, 2.75) is 37.8 Å². The SMILES string of the molecule is O=C(NC1CC1)[C@@H]1CCCN1C(=O)c1ccccc1I. The second-order valence-electron chi connectivity index (χ2n) is 5.42. The van der Waals surface area contributed by atoms with Gasteiger partial charge in [0.15, 0.2) is 0 Å². The normalized spacial score (nSPS) is 21.9. The average Bonchev–Trinajstić information content (AvgIpc) is 3.11. The average molecular weight is 384 g/mol. The second kappa shape index (κ2) is 5.71. The molecule has 1 saturated carbocycles. The third-order valence-corrected chi connectivity index (χ3v) is 4.78. The number of hydrogen-bond donors (Lipinski definition) is 1. The van der Waals surface area contributed by atoms with Gasteiger partial charge in [-0.25, -0.2) is 0 Å². The van der Waals surface area contributed by atoms with E-state index in [0.717, 1.165) is 29.3 Å². The molecule has 5 heteroatoms. The summed E-state index contributed by atoms with van der Waals surface area (Å²) >= 11 is 2.17. The first kappa shape index (κ1) is 13.9. The molecule has 0 unspecified atom stereocenters. The van der Waals surface area contributed by atoms with E-state index in [0.29, 0.717) is 18.2 Å². The molecule has 2 amide bonds. The van der Waals surface area contributed by atoms with Crippen molar-refractivity contribution in [1.29, 1.82) is 0 Å². The van der Waals surface area contributed by atoms with E-state index < -0.39 is 0 Å². The van der Waals surface area contributed by atoms with Gasteiger partial charge >= 0.3 is 0 Å². The Balaban J connectivity index is 1.76. The Labute approximate surface area is 132 Å². The highest BCUT2D eigenvalue weighted by molar-refractivity contribution is 14.1. The van der Waals surface area contributed by atoms with Crippen molar-refractivity contribution in [2.24, 2.45) is 0 Å². The molecule has 1 aliphatic carbocycles. The molecule has 1 saturated heterocycles. The van der Waals surface area contributed by atoms with Crippen LogP contribution in [-0.2, 0) is 4.79 Å². The highest BCUT2D eigenvalue weighted by Gasteiger charge is 2.37. The molecule has 1 aliphatic heterocycles. The van der Waals surface area contributed by atoms with Crippen molar-refractivity contribution < 1.29 is 9.59 Å². The van der Waals surface area contributed by atoms with Crippen LogP contribution >= 0.6 is 22.6 Å². The lowest BCUT2D eigenvalue weighted by Crippen LogP contribution is -2.46. The smallest absolute Gasteiger partial charge is 0.255 e. The highest BCUT2D eigenvalue weighted by Crippen LogP contribution is 2.24. The van der Waals surface area contributed by atoms with Gasteiger partial charge in [0.1, 0.15) is 6.04 Å². The number of rotatable bonds is 3. The predicted molar refractivity (Wildman–Crippen MR) is 84.4 cm³/mol. The van der Waals surface area contributed by atoms with E-state index >= 15 is 0 Å². The lowest BCUT2D eigenvalue weighted by atomic mass is 10.1. The summed E-state index contributed by atoms with van der Waals surface area (Å²) < 4.78 is 0.934. The zero-order chi connectivity index (χ0) is 14.1. The fraction of sp³-hybridized carbons (Fsp3) is 0.467. The molecule has 2 fully saturated rings. The van der Waals surface area contributed by atoms with Crippen LogP contribution in [0.15, 0.2) is 24.3 Å². The summed E-state index contributed by atoms with van der Waals surface area (Å²) in [6.07, 6.45) is 3.82. The minimum Gasteiger partial charge on any atom is -0.352 e. The third-order valence-electron chi connectivity index (χ3n) is 3.84. The maximum atomic E-state index is 12.6. The van der Waals surface area contributed by atoms with Gasteiger partial charge in [-0.15, -0.1) is 0 Å². The molecule has 2 aliphatic rings. The van der Waals surface area contributed by atoms with Crippen LogP contribution in [0.25, 0.3) is 0 Å². The topological polar surface area (TPSA) is 49.4 Å². The van der Waals surface area contributed by atoms with Crippen molar-refractivity contribution in [3.05, 3.63) is 33.4 Å². The molecule has 20 heavy (non-hydrogen) atoms.